The molecule has 1 N–H and O–H groups in total. The summed E-state index contributed by atoms with van der Waals surface area (Å²) in [5, 5.41) is 9.29. The standard InChI is InChI=1S/C15H14O2/c16-14-9-4-6-12(11-14)5-3-8-13-7-1-2-10-15(13)17/h2-6,8-11,16H,1,7H2/b5-3+,13-8+. The predicted octanol–water partition coefficient (Wildman–Crippen LogP) is 3.25. The molecule has 0 saturated carbocycles. The second-order valence-electron chi connectivity index (χ2n) is 3.95. The van der Waals surface area contributed by atoms with E-state index in [-0.39, 0.29) is 11.5 Å². The SMILES string of the molecule is O=C1C=CCC/C1=C\C=C\c1cccc(O)c1. The van der Waals surface area contributed by atoms with Crippen LogP contribution >= 0.6 is 0 Å². The van der Waals surface area contributed by atoms with Gasteiger partial charge in [-0.15, -0.1) is 0 Å². The first-order chi connectivity index (χ1) is 8.25. The topological polar surface area (TPSA) is 37.3 Å². The van der Waals surface area contributed by atoms with Gasteiger partial charge in [0, 0.05) is 0 Å². The Balaban J connectivity index is 2.09. The number of hydrogen-bond acceptors (Lipinski definition) is 2. The number of ketones is 1. The second-order valence-corrected chi connectivity index (χ2v) is 3.95. The number of hydrogen-bond donors (Lipinski definition) is 1. The second kappa shape index (κ2) is 5.30. The maximum atomic E-state index is 11.5. The van der Waals surface area contributed by atoms with Gasteiger partial charge in [-0.3, -0.25) is 4.79 Å². The normalized spacial score (nSPS) is 18.1. The van der Waals surface area contributed by atoms with Crippen molar-refractivity contribution < 1.29 is 9.90 Å². The van der Waals surface area contributed by atoms with E-state index in [0.29, 0.717) is 0 Å². The lowest BCUT2D eigenvalue weighted by molar-refractivity contribution is -0.111. The van der Waals surface area contributed by atoms with Crippen molar-refractivity contribution in [3.63, 3.8) is 0 Å². The average molecular weight is 226 g/mol. The number of carbonyl (C=O) groups is 1. The van der Waals surface area contributed by atoms with Crippen LogP contribution in [0.2, 0.25) is 0 Å². The molecule has 1 aromatic rings. The van der Waals surface area contributed by atoms with Crippen LogP contribution < -0.4 is 0 Å². The summed E-state index contributed by atoms with van der Waals surface area (Å²) in [6.45, 7) is 0. The lowest BCUT2D eigenvalue weighted by Crippen LogP contribution is -2.01. The van der Waals surface area contributed by atoms with Crippen LogP contribution in [0.4, 0.5) is 0 Å². The van der Waals surface area contributed by atoms with Crippen LogP contribution in [0, 0.1) is 0 Å². The highest BCUT2D eigenvalue weighted by Gasteiger charge is 2.07. The Labute approximate surface area is 101 Å². The molecule has 0 spiro atoms. The molecule has 0 aromatic heterocycles. The fourth-order valence-electron chi connectivity index (χ4n) is 1.73. The van der Waals surface area contributed by atoms with Crippen LogP contribution in [0.15, 0.2) is 54.1 Å². The number of aromatic hydroxyl groups is 1. The van der Waals surface area contributed by atoms with Crippen molar-refractivity contribution in [2.45, 2.75) is 12.8 Å². The van der Waals surface area contributed by atoms with E-state index in [9.17, 15) is 9.90 Å². The van der Waals surface area contributed by atoms with Gasteiger partial charge in [0.2, 0.25) is 0 Å². The van der Waals surface area contributed by atoms with E-state index in [1.807, 2.05) is 30.4 Å². The molecule has 1 aliphatic carbocycles. The minimum Gasteiger partial charge on any atom is -0.508 e. The van der Waals surface area contributed by atoms with Gasteiger partial charge in [0.05, 0.1) is 0 Å². The van der Waals surface area contributed by atoms with Crippen LogP contribution in [-0.4, -0.2) is 10.9 Å². The fourth-order valence-corrected chi connectivity index (χ4v) is 1.73. The summed E-state index contributed by atoms with van der Waals surface area (Å²) in [4.78, 5) is 11.5. The molecule has 0 bridgehead atoms. The Morgan fingerprint density at radius 3 is 2.94 bits per heavy atom. The number of carbonyl (C=O) groups excluding carboxylic acids is 1. The number of allylic oxidation sites excluding steroid dienone is 5. The highest BCUT2D eigenvalue weighted by Crippen LogP contribution is 2.15. The van der Waals surface area contributed by atoms with Crippen molar-refractivity contribution in [3.05, 3.63) is 59.7 Å². The van der Waals surface area contributed by atoms with Crippen LogP contribution in [0.1, 0.15) is 18.4 Å². The monoisotopic (exact) mass is 226 g/mol. The molecule has 0 heterocycles. The molecule has 17 heavy (non-hydrogen) atoms. The van der Waals surface area contributed by atoms with Crippen molar-refractivity contribution >= 4 is 11.9 Å². The van der Waals surface area contributed by atoms with Gasteiger partial charge in [-0.2, -0.15) is 0 Å². The molecule has 0 saturated heterocycles. The lowest BCUT2D eigenvalue weighted by Gasteiger charge is -2.05. The molecule has 0 atom stereocenters. The van der Waals surface area contributed by atoms with Gasteiger partial charge in [0.25, 0.3) is 0 Å². The summed E-state index contributed by atoms with van der Waals surface area (Å²) >= 11 is 0. The lowest BCUT2D eigenvalue weighted by atomic mass is 9.99. The molecule has 0 amide bonds. The quantitative estimate of drug-likeness (QED) is 0.786. The Morgan fingerprint density at radius 1 is 1.29 bits per heavy atom. The minimum atomic E-state index is 0.0943. The van der Waals surface area contributed by atoms with Crippen molar-refractivity contribution in [2.24, 2.45) is 0 Å². The first-order valence-corrected chi connectivity index (χ1v) is 5.63. The first-order valence-electron chi connectivity index (χ1n) is 5.63. The summed E-state index contributed by atoms with van der Waals surface area (Å²) in [5.41, 5.74) is 1.75. The van der Waals surface area contributed by atoms with Gasteiger partial charge in [0.1, 0.15) is 5.75 Å². The van der Waals surface area contributed by atoms with Crippen LogP contribution in [-0.2, 0) is 4.79 Å². The number of rotatable bonds is 2. The third kappa shape index (κ3) is 3.18. The largest absolute Gasteiger partial charge is 0.508 e. The van der Waals surface area contributed by atoms with Gasteiger partial charge in [-0.25, -0.2) is 0 Å². The van der Waals surface area contributed by atoms with Crippen molar-refractivity contribution in [3.8, 4) is 5.75 Å². The molecule has 0 fully saturated rings. The predicted molar refractivity (Wildman–Crippen MR) is 68.6 cm³/mol. The highest BCUT2D eigenvalue weighted by atomic mass is 16.3. The van der Waals surface area contributed by atoms with Gasteiger partial charge >= 0.3 is 0 Å². The Kier molecular flexibility index (Phi) is 3.55. The minimum absolute atomic E-state index is 0.0943. The molecule has 2 heteroatoms. The Hall–Kier alpha value is -2.09. The zero-order valence-electron chi connectivity index (χ0n) is 9.47. The van der Waals surface area contributed by atoms with Crippen LogP contribution in [0.5, 0.6) is 5.75 Å². The van der Waals surface area contributed by atoms with Crippen molar-refractivity contribution in [1.82, 2.24) is 0 Å². The van der Waals surface area contributed by atoms with E-state index >= 15 is 0 Å². The van der Waals surface area contributed by atoms with E-state index in [0.717, 1.165) is 24.0 Å². The maximum absolute atomic E-state index is 11.5. The summed E-state index contributed by atoms with van der Waals surface area (Å²) in [7, 11) is 0. The van der Waals surface area contributed by atoms with Crippen molar-refractivity contribution in [2.75, 3.05) is 0 Å². The first kappa shape index (κ1) is 11.4. The third-order valence-electron chi connectivity index (χ3n) is 2.62. The van der Waals surface area contributed by atoms with E-state index in [1.165, 1.54) is 0 Å². The Morgan fingerprint density at radius 2 is 2.18 bits per heavy atom. The summed E-state index contributed by atoms with van der Waals surface area (Å²) in [5.74, 6) is 0.341. The third-order valence-corrected chi connectivity index (χ3v) is 2.62. The number of benzene rings is 1. The molecule has 1 aromatic carbocycles. The van der Waals surface area contributed by atoms with Gasteiger partial charge in [0.15, 0.2) is 5.78 Å². The Bertz CT molecular complexity index is 507. The number of phenolic OH excluding ortho intramolecular Hbond substituents is 1. The summed E-state index contributed by atoms with van der Waals surface area (Å²) in [6, 6.07) is 7.00. The van der Waals surface area contributed by atoms with Crippen molar-refractivity contribution in [1.29, 1.82) is 0 Å². The summed E-state index contributed by atoms with van der Waals surface area (Å²) in [6.07, 6.45) is 10.8. The molecule has 86 valence electrons. The fraction of sp³-hybridized carbons (Fsp3) is 0.133. The molecule has 0 radical (unpaired) electrons. The number of phenols is 1. The van der Waals surface area contributed by atoms with E-state index in [2.05, 4.69) is 0 Å². The van der Waals surface area contributed by atoms with Crippen LogP contribution in [0.25, 0.3) is 6.08 Å². The molecule has 0 unspecified atom stereocenters. The van der Waals surface area contributed by atoms with Gasteiger partial charge < -0.3 is 5.11 Å². The zero-order chi connectivity index (χ0) is 12.1. The molecule has 1 aliphatic rings. The van der Waals surface area contributed by atoms with E-state index in [4.69, 9.17) is 0 Å². The van der Waals surface area contributed by atoms with Gasteiger partial charge in [-0.1, -0.05) is 36.4 Å². The molecule has 0 aliphatic heterocycles. The maximum Gasteiger partial charge on any atom is 0.181 e. The smallest absolute Gasteiger partial charge is 0.181 e. The zero-order valence-corrected chi connectivity index (χ0v) is 9.47. The van der Waals surface area contributed by atoms with E-state index in [1.54, 1.807) is 24.3 Å². The molecular weight excluding hydrogens is 212 g/mol. The molecule has 2 nitrogen and oxygen atoms in total. The summed E-state index contributed by atoms with van der Waals surface area (Å²) < 4.78 is 0. The average Bonchev–Trinajstić information content (AvgIpc) is 2.32. The van der Waals surface area contributed by atoms with Gasteiger partial charge in [-0.05, 0) is 42.2 Å². The van der Waals surface area contributed by atoms with Crippen LogP contribution in [0.3, 0.4) is 0 Å². The molecule has 2 rings (SSSR count). The van der Waals surface area contributed by atoms with E-state index < -0.39 is 0 Å². The highest BCUT2D eigenvalue weighted by molar-refractivity contribution is 6.04. The molecular formula is C15H14O2.